The highest BCUT2D eigenvalue weighted by molar-refractivity contribution is 6.00. The maximum Gasteiger partial charge on any atom is 0.250 e. The molecule has 39 heavy (non-hydrogen) atoms. The van der Waals surface area contributed by atoms with Gasteiger partial charge in [0.1, 0.15) is 5.75 Å². The molecule has 0 radical (unpaired) electrons. The molecule has 12 heteroatoms. The lowest BCUT2D eigenvalue weighted by Gasteiger charge is -2.30. The topological polar surface area (TPSA) is 192 Å². The van der Waals surface area contributed by atoms with Crippen LogP contribution in [0.2, 0.25) is 0 Å². The van der Waals surface area contributed by atoms with Gasteiger partial charge in [-0.3, -0.25) is 4.79 Å². The van der Waals surface area contributed by atoms with Gasteiger partial charge < -0.3 is 20.3 Å². The van der Waals surface area contributed by atoms with Crippen molar-refractivity contribution >= 4 is 17.5 Å². The van der Waals surface area contributed by atoms with Gasteiger partial charge in [-0.15, -0.1) is 0 Å². The first-order chi connectivity index (χ1) is 19.0. The molecule has 3 N–H and O–H groups in total. The van der Waals surface area contributed by atoms with Gasteiger partial charge in [-0.05, 0) is 52.0 Å². The highest BCUT2D eigenvalue weighted by Crippen LogP contribution is 2.44. The van der Waals surface area contributed by atoms with E-state index in [1.54, 1.807) is 72.8 Å². The Bertz CT molecular complexity index is 1460. The number of hydrogen-bond acceptors (Lipinski definition) is 7. The van der Waals surface area contributed by atoms with Crippen LogP contribution in [-0.2, 0) is 22.5 Å². The van der Waals surface area contributed by atoms with Gasteiger partial charge in [0.05, 0.1) is 13.2 Å². The molecule has 0 fully saturated rings. The number of nitrogens with two attached hydrogens (primary N) is 1. The van der Waals surface area contributed by atoms with E-state index in [4.69, 9.17) is 36.4 Å². The Kier molecular flexibility index (Phi) is 8.65. The number of azide groups is 2. The second kappa shape index (κ2) is 12.5. The molecule has 0 aromatic heterocycles. The lowest BCUT2D eigenvalue weighted by Crippen LogP contribution is -2.47. The smallest absolute Gasteiger partial charge is 0.250 e. The summed E-state index contributed by atoms with van der Waals surface area (Å²) >= 11 is 0. The minimum Gasteiger partial charge on any atom is -0.494 e. The van der Waals surface area contributed by atoms with E-state index < -0.39 is 17.6 Å². The number of rotatable bonds is 12. The monoisotopic (exact) mass is 526 g/mol. The Morgan fingerprint density at radius 3 is 2.46 bits per heavy atom. The molecular weight excluding hydrogens is 500 g/mol. The number of aliphatic imine (C=N–C) groups is 1. The van der Waals surface area contributed by atoms with Crippen molar-refractivity contribution in [3.63, 3.8) is 0 Å². The number of aliphatic hydroxyl groups is 1. The number of amides is 1. The van der Waals surface area contributed by atoms with Gasteiger partial charge in [-0.1, -0.05) is 58.8 Å². The van der Waals surface area contributed by atoms with Crippen LogP contribution in [-0.4, -0.2) is 35.7 Å². The molecule has 12 nitrogen and oxygen atoms in total. The normalized spacial score (nSPS) is 17.8. The SMILES string of the molecule is [N-]=[N+]=NCc1ccccc1[C@@H]1OC(c2ccc(OCCCO)cc2)=N[C@]1(Cc1ccccc1N=[N+]=[N-])C(N)=O. The van der Waals surface area contributed by atoms with E-state index in [9.17, 15) is 4.79 Å². The van der Waals surface area contributed by atoms with Crippen LogP contribution < -0.4 is 10.5 Å². The van der Waals surface area contributed by atoms with Gasteiger partial charge in [-0.25, -0.2) is 4.99 Å². The molecule has 0 saturated carbocycles. The highest BCUT2D eigenvalue weighted by Gasteiger charge is 2.53. The molecule has 3 aromatic rings. The van der Waals surface area contributed by atoms with Crippen molar-refractivity contribution in [2.45, 2.75) is 31.0 Å². The minimum absolute atomic E-state index is 0.0100. The summed E-state index contributed by atoms with van der Waals surface area (Å²) in [5.41, 5.74) is 25.1. The summed E-state index contributed by atoms with van der Waals surface area (Å²) in [4.78, 5) is 23.8. The molecule has 1 aliphatic heterocycles. The molecule has 198 valence electrons. The van der Waals surface area contributed by atoms with Gasteiger partial charge in [0.2, 0.25) is 11.8 Å². The van der Waals surface area contributed by atoms with Gasteiger partial charge in [0, 0.05) is 40.5 Å². The molecule has 0 spiro atoms. The summed E-state index contributed by atoms with van der Waals surface area (Å²) in [7, 11) is 0. The summed E-state index contributed by atoms with van der Waals surface area (Å²) in [6.07, 6.45) is -0.466. The zero-order valence-corrected chi connectivity index (χ0v) is 20.9. The van der Waals surface area contributed by atoms with E-state index >= 15 is 0 Å². The van der Waals surface area contributed by atoms with Crippen LogP contribution in [0.1, 0.15) is 34.8 Å². The second-order valence-corrected chi connectivity index (χ2v) is 8.74. The number of nitrogens with zero attached hydrogens (tertiary/aromatic N) is 7. The minimum atomic E-state index is -1.61. The zero-order chi connectivity index (χ0) is 27.7. The van der Waals surface area contributed by atoms with Gasteiger partial charge in [-0.2, -0.15) is 0 Å². The van der Waals surface area contributed by atoms with Gasteiger partial charge in [0.25, 0.3) is 0 Å². The van der Waals surface area contributed by atoms with Gasteiger partial charge in [0.15, 0.2) is 11.6 Å². The van der Waals surface area contributed by atoms with Crippen molar-refractivity contribution in [2.75, 3.05) is 13.2 Å². The average Bonchev–Trinajstić information content (AvgIpc) is 3.34. The summed E-state index contributed by atoms with van der Waals surface area (Å²) in [6.45, 7) is 0.432. The van der Waals surface area contributed by atoms with Crippen LogP contribution in [0.5, 0.6) is 5.75 Å². The molecule has 1 aliphatic rings. The number of hydrogen-bond donors (Lipinski definition) is 2. The third-order valence-corrected chi connectivity index (χ3v) is 6.31. The van der Waals surface area contributed by atoms with Crippen LogP contribution >= 0.6 is 0 Å². The average molecular weight is 527 g/mol. The van der Waals surface area contributed by atoms with Crippen molar-refractivity contribution in [2.24, 2.45) is 21.0 Å². The molecule has 2 atom stereocenters. The van der Waals surface area contributed by atoms with Crippen LogP contribution in [0.4, 0.5) is 5.69 Å². The molecule has 1 amide bonds. The summed E-state index contributed by atoms with van der Waals surface area (Å²) in [5, 5.41) is 16.4. The standard InChI is InChI=1S/C27H26N8O4/c28-26(37)27(16-19-6-2-4-9-23(19)33-35-30)24(22-8-3-1-7-20(22)17-31-34-29)39-25(32-27)18-10-12-21(13-11-18)38-15-5-14-36/h1-4,6-13,24,36H,5,14-17H2,(H2,28,37)/t24-,27-/m0/s1. The van der Waals surface area contributed by atoms with E-state index in [1.165, 1.54) is 0 Å². The van der Waals surface area contributed by atoms with Crippen LogP contribution in [0.25, 0.3) is 20.9 Å². The Labute approximate surface area is 224 Å². The summed E-state index contributed by atoms with van der Waals surface area (Å²) in [6, 6.07) is 21.0. The number of benzene rings is 3. The molecule has 4 rings (SSSR count). The van der Waals surface area contributed by atoms with Crippen molar-refractivity contribution in [1.82, 2.24) is 0 Å². The van der Waals surface area contributed by atoms with Crippen molar-refractivity contribution in [1.29, 1.82) is 0 Å². The van der Waals surface area contributed by atoms with E-state index in [-0.39, 0.29) is 25.5 Å². The maximum atomic E-state index is 13.3. The fraction of sp³-hybridized carbons (Fsp3) is 0.259. The van der Waals surface area contributed by atoms with Crippen molar-refractivity contribution in [3.8, 4) is 5.75 Å². The third-order valence-electron chi connectivity index (χ3n) is 6.31. The highest BCUT2D eigenvalue weighted by atomic mass is 16.5. The van der Waals surface area contributed by atoms with Crippen LogP contribution in [0.3, 0.4) is 0 Å². The largest absolute Gasteiger partial charge is 0.494 e. The summed E-state index contributed by atoms with van der Waals surface area (Å²) in [5.74, 6) is 0.0628. The number of carbonyl (C=O) groups is 1. The fourth-order valence-electron chi connectivity index (χ4n) is 4.42. The Balaban J connectivity index is 1.82. The van der Waals surface area contributed by atoms with Gasteiger partial charge >= 0.3 is 0 Å². The number of carbonyl (C=O) groups excluding carboxylic acids is 1. The van der Waals surface area contributed by atoms with Crippen LogP contribution in [0, 0.1) is 0 Å². The van der Waals surface area contributed by atoms with Crippen LogP contribution in [0.15, 0.2) is 88.0 Å². The first kappa shape index (κ1) is 27.0. The number of primary amides is 1. The quantitative estimate of drug-likeness (QED) is 0.142. The van der Waals surface area contributed by atoms with E-state index in [0.29, 0.717) is 46.7 Å². The number of ether oxygens (including phenoxy) is 2. The summed E-state index contributed by atoms with van der Waals surface area (Å²) < 4.78 is 12.0. The molecule has 1 heterocycles. The fourth-order valence-corrected chi connectivity index (χ4v) is 4.42. The number of aliphatic hydroxyl groups excluding tert-OH is 1. The predicted octanol–water partition coefficient (Wildman–Crippen LogP) is 5.18. The Morgan fingerprint density at radius 2 is 1.77 bits per heavy atom. The molecule has 3 aromatic carbocycles. The lowest BCUT2D eigenvalue weighted by molar-refractivity contribution is -0.125. The van der Waals surface area contributed by atoms with E-state index in [1.807, 2.05) is 0 Å². The third kappa shape index (κ3) is 5.94. The van der Waals surface area contributed by atoms with E-state index in [0.717, 1.165) is 0 Å². The molecule has 0 saturated heterocycles. The van der Waals surface area contributed by atoms with Crippen molar-refractivity contribution in [3.05, 3.63) is 116 Å². The zero-order valence-electron chi connectivity index (χ0n) is 20.9. The Morgan fingerprint density at radius 1 is 1.05 bits per heavy atom. The maximum absolute atomic E-state index is 13.3. The lowest BCUT2D eigenvalue weighted by atomic mass is 9.80. The first-order valence-electron chi connectivity index (χ1n) is 12.1. The molecule has 0 bridgehead atoms. The van der Waals surface area contributed by atoms with Crippen molar-refractivity contribution < 1.29 is 19.4 Å². The Hall–Kier alpha value is -5.02. The molecule has 0 aliphatic carbocycles. The first-order valence-corrected chi connectivity index (χ1v) is 12.1. The van der Waals surface area contributed by atoms with E-state index in [2.05, 4.69) is 20.1 Å². The molecular formula is C27H26N8O4. The second-order valence-electron chi connectivity index (χ2n) is 8.74. The predicted molar refractivity (Wildman–Crippen MR) is 144 cm³/mol. The molecule has 0 unspecified atom stereocenters.